The summed E-state index contributed by atoms with van der Waals surface area (Å²) >= 11 is 0. The van der Waals surface area contributed by atoms with E-state index in [0.29, 0.717) is 32.8 Å². The first-order valence-corrected chi connectivity index (χ1v) is 12.1. The van der Waals surface area contributed by atoms with Crippen LogP contribution in [0.15, 0.2) is 0 Å². The summed E-state index contributed by atoms with van der Waals surface area (Å²) in [5, 5.41) is 0. The Kier molecular flexibility index (Phi) is 23.9. The number of rotatable bonds is 23. The fourth-order valence-electron chi connectivity index (χ4n) is 3.17. The molecule has 0 unspecified atom stereocenters. The summed E-state index contributed by atoms with van der Waals surface area (Å²) in [5.74, 6) is -0.0943. The Bertz CT molecular complexity index is 307. The number of hydrogen-bond donors (Lipinski definition) is 0. The van der Waals surface area contributed by atoms with E-state index in [1.807, 2.05) is 0 Å². The van der Waals surface area contributed by atoms with Crippen LogP contribution in [0, 0.1) is 0 Å². The van der Waals surface area contributed by atoms with Gasteiger partial charge in [-0.05, 0) is 12.8 Å². The Balaban J connectivity index is 3.11. The maximum atomic E-state index is 11.6. The molecule has 0 radical (unpaired) electrons. The van der Waals surface area contributed by atoms with E-state index in [2.05, 4.69) is 13.8 Å². The highest BCUT2D eigenvalue weighted by molar-refractivity contribution is 5.69. The summed E-state index contributed by atoms with van der Waals surface area (Å²) in [6, 6.07) is 0. The van der Waals surface area contributed by atoms with Gasteiger partial charge in [0.2, 0.25) is 0 Å². The molecule has 4 nitrogen and oxygen atoms in total. The maximum absolute atomic E-state index is 11.6. The molecule has 0 aliphatic heterocycles. The standard InChI is InChI=1S/C24H48O4/c1-3-5-7-9-11-13-15-17-19-26-20-21-27-22-23-28-24(25)18-16-14-12-10-8-6-4-2/h3-23H2,1-2H3. The molecule has 0 fully saturated rings. The number of unbranched alkanes of at least 4 members (excludes halogenated alkanes) is 13. The number of ether oxygens (including phenoxy) is 3. The second kappa shape index (κ2) is 24.4. The summed E-state index contributed by atoms with van der Waals surface area (Å²) in [7, 11) is 0. The molecule has 0 aromatic heterocycles. The molecule has 0 atom stereocenters. The summed E-state index contributed by atoms with van der Waals surface area (Å²) < 4.78 is 16.2. The number of hydrogen-bond acceptors (Lipinski definition) is 4. The zero-order valence-electron chi connectivity index (χ0n) is 19.0. The lowest BCUT2D eigenvalue weighted by molar-refractivity contribution is -0.145. The van der Waals surface area contributed by atoms with Gasteiger partial charge in [0.1, 0.15) is 6.61 Å². The lowest BCUT2D eigenvalue weighted by Crippen LogP contribution is -2.13. The normalized spacial score (nSPS) is 11.1. The monoisotopic (exact) mass is 400 g/mol. The van der Waals surface area contributed by atoms with Gasteiger partial charge in [-0.15, -0.1) is 0 Å². The fourth-order valence-corrected chi connectivity index (χ4v) is 3.17. The Morgan fingerprint density at radius 1 is 0.500 bits per heavy atom. The van der Waals surface area contributed by atoms with E-state index in [-0.39, 0.29) is 5.97 Å². The molecule has 0 aromatic carbocycles. The molecule has 0 amide bonds. The zero-order chi connectivity index (χ0) is 20.5. The number of carbonyl (C=O) groups is 1. The average molecular weight is 401 g/mol. The topological polar surface area (TPSA) is 44.8 Å². The van der Waals surface area contributed by atoms with Crippen LogP contribution in [0.25, 0.3) is 0 Å². The first kappa shape index (κ1) is 27.4. The maximum Gasteiger partial charge on any atom is 0.305 e. The number of carbonyl (C=O) groups excluding carboxylic acids is 1. The van der Waals surface area contributed by atoms with Gasteiger partial charge in [0.05, 0.1) is 19.8 Å². The van der Waals surface area contributed by atoms with Crippen molar-refractivity contribution in [3.8, 4) is 0 Å². The SMILES string of the molecule is CCCCCCCCCCOCCOCCOC(=O)CCCCCCCCC. The largest absolute Gasteiger partial charge is 0.463 e. The van der Waals surface area contributed by atoms with E-state index >= 15 is 0 Å². The van der Waals surface area contributed by atoms with Gasteiger partial charge < -0.3 is 14.2 Å². The molecule has 0 rings (SSSR count). The minimum Gasteiger partial charge on any atom is -0.463 e. The van der Waals surface area contributed by atoms with Crippen LogP contribution in [-0.2, 0) is 19.0 Å². The van der Waals surface area contributed by atoms with E-state index in [1.54, 1.807) is 0 Å². The van der Waals surface area contributed by atoms with Gasteiger partial charge in [0.25, 0.3) is 0 Å². The predicted octanol–water partition coefficient (Wildman–Crippen LogP) is 6.84. The summed E-state index contributed by atoms with van der Waals surface area (Å²) in [6.07, 6.45) is 19.6. The number of esters is 1. The van der Waals surface area contributed by atoms with Gasteiger partial charge in [-0.3, -0.25) is 4.79 Å². The molecule has 0 spiro atoms. The third-order valence-corrected chi connectivity index (χ3v) is 4.99. The van der Waals surface area contributed by atoms with Crippen molar-refractivity contribution >= 4 is 5.97 Å². The van der Waals surface area contributed by atoms with Crippen LogP contribution in [0.3, 0.4) is 0 Å². The fraction of sp³-hybridized carbons (Fsp3) is 0.958. The second-order valence-corrected chi connectivity index (χ2v) is 7.79. The Morgan fingerprint density at radius 3 is 1.50 bits per heavy atom. The highest BCUT2D eigenvalue weighted by Gasteiger charge is 2.02. The first-order valence-electron chi connectivity index (χ1n) is 12.1. The lowest BCUT2D eigenvalue weighted by atomic mass is 10.1. The van der Waals surface area contributed by atoms with Crippen LogP contribution < -0.4 is 0 Å². The molecule has 0 saturated carbocycles. The first-order chi connectivity index (χ1) is 13.8. The van der Waals surface area contributed by atoms with E-state index in [0.717, 1.165) is 25.9 Å². The molecule has 0 saturated heterocycles. The van der Waals surface area contributed by atoms with Crippen LogP contribution in [0.2, 0.25) is 0 Å². The van der Waals surface area contributed by atoms with Crippen LogP contribution >= 0.6 is 0 Å². The third kappa shape index (κ3) is 23.4. The van der Waals surface area contributed by atoms with Gasteiger partial charge >= 0.3 is 5.97 Å². The van der Waals surface area contributed by atoms with Crippen molar-refractivity contribution in [2.75, 3.05) is 33.0 Å². The summed E-state index contributed by atoms with van der Waals surface area (Å²) in [6.45, 7) is 7.33. The van der Waals surface area contributed by atoms with Crippen LogP contribution in [0.5, 0.6) is 0 Å². The molecule has 0 aliphatic rings. The molecule has 168 valence electrons. The van der Waals surface area contributed by atoms with E-state index in [1.165, 1.54) is 77.0 Å². The highest BCUT2D eigenvalue weighted by atomic mass is 16.6. The molecule has 0 aromatic rings. The van der Waals surface area contributed by atoms with Crippen molar-refractivity contribution in [1.29, 1.82) is 0 Å². The van der Waals surface area contributed by atoms with Gasteiger partial charge in [-0.25, -0.2) is 0 Å². The molecule has 28 heavy (non-hydrogen) atoms. The highest BCUT2D eigenvalue weighted by Crippen LogP contribution is 2.09. The molecule has 0 aliphatic carbocycles. The van der Waals surface area contributed by atoms with Crippen LogP contribution in [0.1, 0.15) is 117 Å². The lowest BCUT2D eigenvalue weighted by Gasteiger charge is -2.07. The zero-order valence-corrected chi connectivity index (χ0v) is 19.0. The summed E-state index contributed by atoms with van der Waals surface area (Å²) in [4.78, 5) is 11.6. The molecule has 0 heterocycles. The van der Waals surface area contributed by atoms with Crippen molar-refractivity contribution in [3.05, 3.63) is 0 Å². The third-order valence-electron chi connectivity index (χ3n) is 4.99. The quantitative estimate of drug-likeness (QED) is 0.139. The molecular formula is C24H48O4. The smallest absolute Gasteiger partial charge is 0.305 e. The Labute approximate surface area is 175 Å². The van der Waals surface area contributed by atoms with Crippen molar-refractivity contribution in [2.24, 2.45) is 0 Å². The van der Waals surface area contributed by atoms with Crippen molar-refractivity contribution in [1.82, 2.24) is 0 Å². The van der Waals surface area contributed by atoms with Gasteiger partial charge in [0, 0.05) is 13.0 Å². The van der Waals surface area contributed by atoms with Crippen molar-refractivity contribution in [3.63, 3.8) is 0 Å². The molecule has 0 bridgehead atoms. The molecule has 4 heteroatoms. The summed E-state index contributed by atoms with van der Waals surface area (Å²) in [5.41, 5.74) is 0. The van der Waals surface area contributed by atoms with Crippen LogP contribution in [-0.4, -0.2) is 39.0 Å². The molecular weight excluding hydrogens is 352 g/mol. The van der Waals surface area contributed by atoms with Crippen molar-refractivity contribution in [2.45, 2.75) is 117 Å². The van der Waals surface area contributed by atoms with Gasteiger partial charge in [-0.1, -0.05) is 97.3 Å². The predicted molar refractivity (Wildman–Crippen MR) is 118 cm³/mol. The second-order valence-electron chi connectivity index (χ2n) is 7.79. The van der Waals surface area contributed by atoms with E-state index in [4.69, 9.17) is 14.2 Å². The van der Waals surface area contributed by atoms with E-state index in [9.17, 15) is 4.79 Å². The van der Waals surface area contributed by atoms with Gasteiger partial charge in [-0.2, -0.15) is 0 Å². The Hall–Kier alpha value is -0.610. The van der Waals surface area contributed by atoms with Crippen molar-refractivity contribution < 1.29 is 19.0 Å². The van der Waals surface area contributed by atoms with Gasteiger partial charge in [0.15, 0.2) is 0 Å². The average Bonchev–Trinajstić information content (AvgIpc) is 2.70. The molecule has 0 N–H and O–H groups in total. The van der Waals surface area contributed by atoms with Crippen LogP contribution in [0.4, 0.5) is 0 Å². The minimum absolute atomic E-state index is 0.0943. The Morgan fingerprint density at radius 2 is 0.929 bits per heavy atom. The minimum atomic E-state index is -0.0943. The van der Waals surface area contributed by atoms with E-state index < -0.39 is 0 Å².